The minimum atomic E-state index is -0.478. The molecule has 0 radical (unpaired) electrons. The molecule has 8 nitrogen and oxygen atoms in total. The molecule has 0 aliphatic heterocycles. The lowest BCUT2D eigenvalue weighted by Crippen LogP contribution is -2.13. The maximum atomic E-state index is 12.4. The lowest BCUT2D eigenvalue weighted by atomic mass is 10.2. The van der Waals surface area contributed by atoms with Crippen molar-refractivity contribution in [3.05, 3.63) is 72.1 Å². The number of hydrogen-bond donors (Lipinski definition) is 2. The second-order valence-electron chi connectivity index (χ2n) is 5.90. The van der Waals surface area contributed by atoms with Crippen molar-refractivity contribution in [3.8, 4) is 5.75 Å². The molecular weight excluding hydrogens is 372 g/mol. The van der Waals surface area contributed by atoms with Crippen molar-refractivity contribution in [1.82, 2.24) is 9.97 Å². The van der Waals surface area contributed by atoms with Crippen molar-refractivity contribution in [2.75, 3.05) is 24.4 Å². The summed E-state index contributed by atoms with van der Waals surface area (Å²) in [4.78, 5) is 32.3. The second kappa shape index (κ2) is 9.32. The van der Waals surface area contributed by atoms with Crippen LogP contribution in [0.4, 0.5) is 17.3 Å². The van der Waals surface area contributed by atoms with Gasteiger partial charge in [0.05, 0.1) is 24.8 Å². The van der Waals surface area contributed by atoms with Crippen LogP contribution >= 0.6 is 0 Å². The zero-order chi connectivity index (χ0) is 20.6. The summed E-state index contributed by atoms with van der Waals surface area (Å²) in [6.45, 7) is 2.53. The van der Waals surface area contributed by atoms with Crippen molar-refractivity contribution in [1.29, 1.82) is 0 Å². The van der Waals surface area contributed by atoms with Gasteiger partial charge in [-0.1, -0.05) is 6.07 Å². The topological polar surface area (TPSA) is 102 Å². The molecule has 3 rings (SSSR count). The van der Waals surface area contributed by atoms with Crippen molar-refractivity contribution in [2.45, 2.75) is 6.92 Å². The van der Waals surface area contributed by atoms with Gasteiger partial charge in [-0.2, -0.15) is 0 Å². The highest BCUT2D eigenvalue weighted by molar-refractivity contribution is 6.04. The van der Waals surface area contributed by atoms with Crippen molar-refractivity contribution in [3.63, 3.8) is 0 Å². The van der Waals surface area contributed by atoms with Crippen LogP contribution in [-0.2, 0) is 4.74 Å². The van der Waals surface area contributed by atoms with Gasteiger partial charge in [-0.15, -0.1) is 0 Å². The molecule has 0 saturated heterocycles. The van der Waals surface area contributed by atoms with Gasteiger partial charge in [0.15, 0.2) is 0 Å². The number of hydrogen-bond acceptors (Lipinski definition) is 7. The van der Waals surface area contributed by atoms with Crippen molar-refractivity contribution in [2.24, 2.45) is 0 Å². The molecule has 2 N–H and O–H groups in total. The summed E-state index contributed by atoms with van der Waals surface area (Å²) in [6, 6.07) is 13.9. The number of anilines is 3. The molecule has 1 heterocycles. The number of carbonyl (C=O) groups excluding carboxylic acids is 2. The number of carbonyl (C=O) groups is 2. The maximum absolute atomic E-state index is 12.4. The first kappa shape index (κ1) is 19.8. The second-order valence-corrected chi connectivity index (χ2v) is 5.90. The van der Waals surface area contributed by atoms with E-state index in [1.807, 2.05) is 31.2 Å². The highest BCUT2D eigenvalue weighted by Gasteiger charge is 2.10. The van der Waals surface area contributed by atoms with E-state index in [1.165, 1.54) is 25.6 Å². The van der Waals surface area contributed by atoms with Crippen LogP contribution in [0.3, 0.4) is 0 Å². The van der Waals surface area contributed by atoms with Gasteiger partial charge >= 0.3 is 5.97 Å². The number of methoxy groups -OCH3 is 1. The van der Waals surface area contributed by atoms with Crippen LogP contribution in [-0.4, -0.2) is 35.6 Å². The first-order valence-electron chi connectivity index (χ1n) is 8.90. The normalized spacial score (nSPS) is 10.1. The predicted molar refractivity (Wildman–Crippen MR) is 109 cm³/mol. The molecule has 3 aromatic rings. The molecule has 0 atom stereocenters. The summed E-state index contributed by atoms with van der Waals surface area (Å²) in [7, 11) is 1.30. The van der Waals surface area contributed by atoms with Crippen LogP contribution in [0.15, 0.2) is 60.9 Å². The SMILES string of the molecule is CCOc1ccc(Nc2ncc(C(=O)Nc3cccc(C(=O)OC)c3)cn2)cc1. The molecule has 0 fully saturated rings. The standard InChI is InChI=1S/C21H20N4O4/c1-3-29-18-9-7-16(8-10-18)25-21-22-12-15(13-23-21)19(26)24-17-6-4-5-14(11-17)20(27)28-2/h4-13H,3H2,1-2H3,(H,24,26)(H,22,23,25). The summed E-state index contributed by atoms with van der Waals surface area (Å²) < 4.78 is 10.1. The lowest BCUT2D eigenvalue weighted by Gasteiger charge is -2.08. The predicted octanol–water partition coefficient (Wildman–Crippen LogP) is 3.66. The van der Waals surface area contributed by atoms with Crippen molar-refractivity contribution >= 4 is 29.2 Å². The van der Waals surface area contributed by atoms with E-state index in [4.69, 9.17) is 4.74 Å². The van der Waals surface area contributed by atoms with Gasteiger partial charge < -0.3 is 20.1 Å². The van der Waals surface area contributed by atoms with E-state index in [9.17, 15) is 9.59 Å². The highest BCUT2D eigenvalue weighted by Crippen LogP contribution is 2.18. The first-order chi connectivity index (χ1) is 14.1. The average Bonchev–Trinajstić information content (AvgIpc) is 2.75. The largest absolute Gasteiger partial charge is 0.494 e. The van der Waals surface area contributed by atoms with Crippen LogP contribution in [0.5, 0.6) is 5.75 Å². The van der Waals surface area contributed by atoms with Gasteiger partial charge in [0.1, 0.15) is 5.75 Å². The Kier molecular flexibility index (Phi) is 6.36. The number of esters is 1. The number of aromatic nitrogens is 2. The zero-order valence-corrected chi connectivity index (χ0v) is 16.0. The number of amides is 1. The van der Waals surface area contributed by atoms with E-state index in [-0.39, 0.29) is 11.5 Å². The fourth-order valence-electron chi connectivity index (χ4n) is 2.49. The third kappa shape index (κ3) is 5.29. The Labute approximate surface area is 167 Å². The van der Waals surface area contributed by atoms with Gasteiger partial charge in [-0.3, -0.25) is 4.79 Å². The molecule has 0 aliphatic rings. The molecule has 0 spiro atoms. The number of rotatable bonds is 7. The lowest BCUT2D eigenvalue weighted by molar-refractivity contribution is 0.0600. The molecule has 1 aromatic heterocycles. The zero-order valence-electron chi connectivity index (χ0n) is 16.0. The summed E-state index contributed by atoms with van der Waals surface area (Å²) in [5.41, 5.74) is 1.89. The quantitative estimate of drug-likeness (QED) is 0.592. The van der Waals surface area contributed by atoms with Crippen LogP contribution in [0.1, 0.15) is 27.6 Å². The minimum Gasteiger partial charge on any atom is -0.494 e. The molecule has 2 aromatic carbocycles. The molecular formula is C21H20N4O4. The average molecular weight is 392 g/mol. The molecule has 29 heavy (non-hydrogen) atoms. The summed E-state index contributed by atoms with van der Waals surface area (Å²) >= 11 is 0. The monoisotopic (exact) mass is 392 g/mol. The van der Waals surface area contributed by atoms with Crippen LogP contribution < -0.4 is 15.4 Å². The Morgan fingerprint density at radius 2 is 1.69 bits per heavy atom. The third-order valence-electron chi connectivity index (χ3n) is 3.88. The Morgan fingerprint density at radius 1 is 0.966 bits per heavy atom. The van der Waals surface area contributed by atoms with Gasteiger partial charge in [-0.25, -0.2) is 14.8 Å². The Bertz CT molecular complexity index is 988. The van der Waals surface area contributed by atoms with Crippen LogP contribution in [0.25, 0.3) is 0 Å². The van der Waals surface area contributed by atoms with E-state index in [2.05, 4.69) is 25.3 Å². The fraction of sp³-hybridized carbons (Fsp3) is 0.143. The van der Waals surface area contributed by atoms with E-state index in [0.717, 1.165) is 11.4 Å². The van der Waals surface area contributed by atoms with E-state index >= 15 is 0 Å². The summed E-state index contributed by atoms with van der Waals surface area (Å²) in [6.07, 6.45) is 2.84. The molecule has 0 saturated carbocycles. The Morgan fingerprint density at radius 3 is 2.34 bits per heavy atom. The van der Waals surface area contributed by atoms with Gasteiger partial charge in [0.2, 0.25) is 5.95 Å². The number of nitrogens with zero attached hydrogens (tertiary/aromatic N) is 2. The van der Waals surface area contributed by atoms with Crippen molar-refractivity contribution < 1.29 is 19.1 Å². The molecule has 148 valence electrons. The summed E-state index contributed by atoms with van der Waals surface area (Å²) in [5, 5.41) is 5.76. The number of benzene rings is 2. The maximum Gasteiger partial charge on any atom is 0.337 e. The molecule has 0 aliphatic carbocycles. The fourth-order valence-corrected chi connectivity index (χ4v) is 2.49. The van der Waals surface area contributed by atoms with Gasteiger partial charge in [0, 0.05) is 23.8 Å². The molecule has 8 heteroatoms. The van der Waals surface area contributed by atoms with Crippen LogP contribution in [0, 0.1) is 0 Å². The van der Waals surface area contributed by atoms with E-state index in [1.54, 1.807) is 18.2 Å². The molecule has 1 amide bonds. The van der Waals surface area contributed by atoms with E-state index in [0.29, 0.717) is 23.8 Å². The minimum absolute atomic E-state index is 0.283. The highest BCUT2D eigenvalue weighted by atomic mass is 16.5. The van der Waals surface area contributed by atoms with Gasteiger partial charge in [0.25, 0.3) is 5.91 Å². The number of nitrogens with one attached hydrogen (secondary N) is 2. The first-order valence-corrected chi connectivity index (χ1v) is 8.90. The molecule has 0 bridgehead atoms. The molecule has 0 unspecified atom stereocenters. The summed E-state index contributed by atoms with van der Waals surface area (Å²) in [5.74, 6) is 0.273. The smallest absolute Gasteiger partial charge is 0.337 e. The van der Waals surface area contributed by atoms with E-state index < -0.39 is 5.97 Å². The third-order valence-corrected chi connectivity index (χ3v) is 3.88. The Hall–Kier alpha value is -3.94. The van der Waals surface area contributed by atoms with Crippen LogP contribution in [0.2, 0.25) is 0 Å². The van der Waals surface area contributed by atoms with Gasteiger partial charge in [-0.05, 0) is 49.4 Å². The number of ether oxygens (including phenoxy) is 2. The Balaban J connectivity index is 1.63.